The summed E-state index contributed by atoms with van der Waals surface area (Å²) >= 11 is 0. The Balaban J connectivity index is 1.62. The van der Waals surface area contributed by atoms with Crippen LogP contribution in [0.2, 0.25) is 0 Å². The van der Waals surface area contributed by atoms with Crippen molar-refractivity contribution in [3.05, 3.63) is 54.1 Å². The maximum atomic E-state index is 11.3. The van der Waals surface area contributed by atoms with E-state index in [1.165, 1.54) is 19.3 Å². The average molecular weight is 387 g/mol. The van der Waals surface area contributed by atoms with Crippen LogP contribution in [0, 0.1) is 5.92 Å². The van der Waals surface area contributed by atoms with Crippen LogP contribution in [0.3, 0.4) is 0 Å². The van der Waals surface area contributed by atoms with Crippen LogP contribution >= 0.6 is 0 Å². The van der Waals surface area contributed by atoms with Crippen LogP contribution in [-0.4, -0.2) is 31.9 Å². The molecule has 1 fully saturated rings. The second-order valence-corrected chi connectivity index (χ2v) is 7.46. The van der Waals surface area contributed by atoms with Crippen LogP contribution in [0.15, 0.2) is 42.7 Å². The molecule has 1 heterocycles. The highest BCUT2D eigenvalue weighted by Crippen LogP contribution is 2.30. The molecule has 0 saturated heterocycles. The first kappa shape index (κ1) is 20.4. The molecule has 1 amide bonds. The topological polar surface area (TPSA) is 96.6 Å². The summed E-state index contributed by atoms with van der Waals surface area (Å²) in [6, 6.07) is 9.25. The van der Waals surface area contributed by atoms with Crippen molar-refractivity contribution in [3.8, 4) is 0 Å². The number of carbonyl (C=O) groups is 1. The highest BCUT2D eigenvalue weighted by Gasteiger charge is 2.29. The van der Waals surface area contributed by atoms with Gasteiger partial charge in [0.1, 0.15) is 18.7 Å². The van der Waals surface area contributed by atoms with Crippen LogP contribution in [0.4, 0.5) is 4.79 Å². The molecule has 1 saturated carbocycles. The van der Waals surface area contributed by atoms with Crippen LogP contribution in [0.25, 0.3) is 0 Å². The molecule has 0 spiro atoms. The third-order valence-electron chi connectivity index (χ3n) is 5.36. The first-order valence-electron chi connectivity index (χ1n) is 9.93. The van der Waals surface area contributed by atoms with Gasteiger partial charge in [0.05, 0.1) is 12.6 Å². The highest BCUT2D eigenvalue weighted by molar-refractivity contribution is 5.65. The van der Waals surface area contributed by atoms with Gasteiger partial charge >= 0.3 is 6.09 Å². The molecule has 0 aliphatic heterocycles. The molecular formula is C21H29N3O4. The van der Waals surface area contributed by atoms with Gasteiger partial charge in [0.15, 0.2) is 0 Å². The van der Waals surface area contributed by atoms with Gasteiger partial charge in [-0.2, -0.15) is 0 Å². The van der Waals surface area contributed by atoms with Crippen LogP contribution < -0.4 is 5.32 Å². The third kappa shape index (κ3) is 5.81. The Morgan fingerprint density at radius 2 is 2.00 bits per heavy atom. The van der Waals surface area contributed by atoms with Gasteiger partial charge in [-0.25, -0.2) is 9.78 Å². The first-order chi connectivity index (χ1) is 13.6. The number of hydrogen-bond acceptors (Lipinski definition) is 4. The molecule has 2 aromatic rings. The number of nitrogens with one attached hydrogen (secondary N) is 1. The van der Waals surface area contributed by atoms with Crippen molar-refractivity contribution in [1.29, 1.82) is 0 Å². The number of ether oxygens (including phenoxy) is 1. The van der Waals surface area contributed by atoms with E-state index in [0.29, 0.717) is 24.8 Å². The predicted octanol–water partition coefficient (Wildman–Crippen LogP) is 3.70. The molecule has 2 atom stereocenters. The van der Waals surface area contributed by atoms with Gasteiger partial charge in [-0.1, -0.05) is 62.4 Å². The molecule has 152 valence electrons. The standard InChI is InChI=1S/C21H29N3O4/c25-19(18(23-21(26)27)13-16-7-3-1-4-8-16)20-22-11-12-24(20)15-28-14-17-9-5-2-6-10-17/h2,5-6,9-12,16,18-19,23,25H,1,3-4,7-8,13-15H2,(H,26,27). The zero-order valence-corrected chi connectivity index (χ0v) is 16.0. The molecule has 0 bridgehead atoms. The Morgan fingerprint density at radius 3 is 2.71 bits per heavy atom. The lowest BCUT2D eigenvalue weighted by atomic mass is 9.83. The van der Waals surface area contributed by atoms with Crippen LogP contribution in [-0.2, 0) is 18.1 Å². The maximum absolute atomic E-state index is 11.3. The fourth-order valence-corrected chi connectivity index (χ4v) is 3.92. The lowest BCUT2D eigenvalue weighted by Gasteiger charge is -2.29. The molecule has 1 aromatic heterocycles. The number of aliphatic hydroxyl groups is 1. The monoisotopic (exact) mass is 387 g/mol. The van der Waals surface area contributed by atoms with Crippen molar-refractivity contribution in [2.75, 3.05) is 0 Å². The van der Waals surface area contributed by atoms with Crippen molar-refractivity contribution in [2.45, 2.75) is 64.0 Å². The van der Waals surface area contributed by atoms with Gasteiger partial charge < -0.3 is 24.8 Å². The Kier molecular flexibility index (Phi) is 7.45. The zero-order chi connectivity index (χ0) is 19.8. The smallest absolute Gasteiger partial charge is 0.404 e. The molecule has 0 radical (unpaired) electrons. The molecule has 28 heavy (non-hydrogen) atoms. The molecule has 3 rings (SSSR count). The summed E-state index contributed by atoms with van der Waals surface area (Å²) in [4.78, 5) is 15.5. The van der Waals surface area contributed by atoms with E-state index in [-0.39, 0.29) is 6.73 Å². The summed E-state index contributed by atoms with van der Waals surface area (Å²) in [5.41, 5.74) is 1.06. The fourth-order valence-electron chi connectivity index (χ4n) is 3.92. The molecule has 1 aliphatic carbocycles. The molecule has 2 unspecified atom stereocenters. The minimum atomic E-state index is -1.13. The van der Waals surface area contributed by atoms with E-state index < -0.39 is 18.2 Å². The number of amides is 1. The summed E-state index contributed by atoms with van der Waals surface area (Å²) in [5, 5.41) is 22.6. The first-order valence-corrected chi connectivity index (χ1v) is 9.93. The summed E-state index contributed by atoms with van der Waals surface area (Å²) in [6.45, 7) is 0.692. The molecule has 1 aliphatic rings. The Morgan fingerprint density at radius 1 is 1.25 bits per heavy atom. The Labute approximate surface area is 165 Å². The van der Waals surface area contributed by atoms with E-state index in [0.717, 1.165) is 18.4 Å². The lowest BCUT2D eigenvalue weighted by molar-refractivity contribution is 0.0471. The summed E-state index contributed by atoms with van der Waals surface area (Å²) < 4.78 is 7.47. The number of carboxylic acid groups (broad SMARTS) is 1. The number of hydrogen-bond donors (Lipinski definition) is 3. The number of rotatable bonds is 9. The van der Waals surface area contributed by atoms with E-state index in [2.05, 4.69) is 10.3 Å². The SMILES string of the molecule is O=C(O)NC(CC1CCCCC1)C(O)c1nccn1COCc1ccccc1. The fraction of sp³-hybridized carbons (Fsp3) is 0.524. The van der Waals surface area contributed by atoms with Gasteiger partial charge in [-0.05, 0) is 17.9 Å². The minimum Gasteiger partial charge on any atom is -0.465 e. The van der Waals surface area contributed by atoms with Gasteiger partial charge in [-0.3, -0.25) is 0 Å². The van der Waals surface area contributed by atoms with Gasteiger partial charge in [0.2, 0.25) is 0 Å². The predicted molar refractivity (Wildman–Crippen MR) is 105 cm³/mol. The van der Waals surface area contributed by atoms with Crippen molar-refractivity contribution in [3.63, 3.8) is 0 Å². The third-order valence-corrected chi connectivity index (χ3v) is 5.36. The van der Waals surface area contributed by atoms with E-state index in [1.54, 1.807) is 17.0 Å². The molecule has 7 nitrogen and oxygen atoms in total. The van der Waals surface area contributed by atoms with E-state index in [1.807, 2.05) is 30.3 Å². The Hall–Kier alpha value is -2.38. The molecule has 1 aromatic carbocycles. The van der Waals surface area contributed by atoms with E-state index in [9.17, 15) is 15.0 Å². The highest BCUT2D eigenvalue weighted by atomic mass is 16.5. The number of aromatic nitrogens is 2. The maximum Gasteiger partial charge on any atom is 0.404 e. The molecule has 7 heteroatoms. The number of aliphatic hydroxyl groups excluding tert-OH is 1. The number of nitrogens with zero attached hydrogens (tertiary/aromatic N) is 2. The Bertz CT molecular complexity index is 728. The number of imidazole rings is 1. The van der Waals surface area contributed by atoms with Crippen molar-refractivity contribution in [1.82, 2.24) is 14.9 Å². The lowest BCUT2D eigenvalue weighted by Crippen LogP contribution is -2.41. The number of benzene rings is 1. The van der Waals surface area contributed by atoms with E-state index >= 15 is 0 Å². The quantitative estimate of drug-likeness (QED) is 0.610. The van der Waals surface area contributed by atoms with Crippen molar-refractivity contribution < 1.29 is 19.7 Å². The summed E-state index contributed by atoms with van der Waals surface area (Å²) in [7, 11) is 0. The zero-order valence-electron chi connectivity index (χ0n) is 16.0. The van der Waals surface area contributed by atoms with Gasteiger partial charge in [0.25, 0.3) is 0 Å². The van der Waals surface area contributed by atoms with E-state index in [4.69, 9.17) is 4.74 Å². The second kappa shape index (κ2) is 10.2. The van der Waals surface area contributed by atoms with Gasteiger partial charge in [-0.15, -0.1) is 0 Å². The largest absolute Gasteiger partial charge is 0.465 e. The van der Waals surface area contributed by atoms with Crippen molar-refractivity contribution >= 4 is 6.09 Å². The van der Waals surface area contributed by atoms with Crippen LogP contribution in [0.5, 0.6) is 0 Å². The summed E-state index contributed by atoms with van der Waals surface area (Å²) in [5.74, 6) is 0.848. The second-order valence-electron chi connectivity index (χ2n) is 7.46. The van der Waals surface area contributed by atoms with Crippen molar-refractivity contribution in [2.24, 2.45) is 5.92 Å². The summed E-state index contributed by atoms with van der Waals surface area (Å²) in [6.07, 6.45) is 7.55. The molecular weight excluding hydrogens is 358 g/mol. The normalized spacial score (nSPS) is 17.2. The average Bonchev–Trinajstić information content (AvgIpc) is 3.17. The minimum absolute atomic E-state index is 0.241. The van der Waals surface area contributed by atoms with Crippen LogP contribution in [0.1, 0.15) is 56.0 Å². The molecule has 3 N–H and O–H groups in total. The van der Waals surface area contributed by atoms with Gasteiger partial charge in [0, 0.05) is 12.4 Å².